The van der Waals surface area contributed by atoms with Crippen LogP contribution in [0, 0.1) is 17.6 Å². The quantitative estimate of drug-likeness (QED) is 0.908. The van der Waals surface area contributed by atoms with E-state index in [1.165, 1.54) is 6.07 Å². The van der Waals surface area contributed by atoms with Crippen LogP contribution >= 0.6 is 0 Å². The van der Waals surface area contributed by atoms with E-state index in [4.69, 9.17) is 0 Å². The lowest BCUT2D eigenvalue weighted by Crippen LogP contribution is -2.40. The second-order valence-corrected chi connectivity index (χ2v) is 5.03. The van der Waals surface area contributed by atoms with Crippen LogP contribution in [0.2, 0.25) is 0 Å². The number of hydrogen-bond donors (Lipinski definition) is 1. The summed E-state index contributed by atoms with van der Waals surface area (Å²) >= 11 is 0. The van der Waals surface area contributed by atoms with Gasteiger partial charge in [0.15, 0.2) is 11.6 Å². The van der Waals surface area contributed by atoms with Crippen molar-refractivity contribution < 1.29 is 18.7 Å². The lowest BCUT2D eigenvalue weighted by molar-refractivity contribution is -0.132. The molecule has 1 fully saturated rings. The lowest BCUT2D eigenvalue weighted by atomic mass is 10.0. The van der Waals surface area contributed by atoms with Crippen LogP contribution in [0.4, 0.5) is 8.78 Å². The summed E-state index contributed by atoms with van der Waals surface area (Å²) in [6.45, 7) is 2.53. The van der Waals surface area contributed by atoms with Gasteiger partial charge in [0.05, 0.1) is 19.1 Å². The molecule has 0 bridgehead atoms. The number of rotatable bonds is 3. The SMILES string of the molecule is CC1CCN(C(=O)Cc2ccc(F)c(F)c2)C1CO. The monoisotopic (exact) mass is 269 g/mol. The summed E-state index contributed by atoms with van der Waals surface area (Å²) in [5.74, 6) is -1.76. The van der Waals surface area contributed by atoms with Gasteiger partial charge in [-0.15, -0.1) is 0 Å². The van der Waals surface area contributed by atoms with Crippen LogP contribution in [-0.2, 0) is 11.2 Å². The van der Waals surface area contributed by atoms with E-state index in [1.807, 2.05) is 6.92 Å². The molecule has 1 N–H and O–H groups in total. The molecule has 1 aromatic rings. The lowest BCUT2D eigenvalue weighted by Gasteiger charge is -2.25. The maximum Gasteiger partial charge on any atom is 0.227 e. The minimum atomic E-state index is -0.946. The standard InChI is InChI=1S/C14H17F2NO2/c1-9-4-5-17(13(9)8-18)14(19)7-10-2-3-11(15)12(16)6-10/h2-3,6,9,13,18H,4-5,7-8H2,1H3. The van der Waals surface area contributed by atoms with Gasteiger partial charge < -0.3 is 10.0 Å². The fraction of sp³-hybridized carbons (Fsp3) is 0.500. The average molecular weight is 269 g/mol. The molecule has 1 heterocycles. The number of aliphatic hydroxyl groups is 1. The van der Waals surface area contributed by atoms with Crippen LogP contribution in [0.25, 0.3) is 0 Å². The Morgan fingerprint density at radius 1 is 1.42 bits per heavy atom. The Morgan fingerprint density at radius 2 is 2.16 bits per heavy atom. The van der Waals surface area contributed by atoms with Crippen molar-refractivity contribution in [3.63, 3.8) is 0 Å². The van der Waals surface area contributed by atoms with Crippen molar-refractivity contribution in [3.05, 3.63) is 35.4 Å². The van der Waals surface area contributed by atoms with Gasteiger partial charge in [0, 0.05) is 6.54 Å². The summed E-state index contributed by atoms with van der Waals surface area (Å²) in [5, 5.41) is 9.30. The molecule has 2 rings (SSSR count). The zero-order chi connectivity index (χ0) is 14.0. The van der Waals surface area contributed by atoms with Crippen LogP contribution < -0.4 is 0 Å². The highest BCUT2D eigenvalue weighted by molar-refractivity contribution is 5.79. The van der Waals surface area contributed by atoms with Crippen molar-refractivity contribution >= 4 is 5.91 Å². The van der Waals surface area contributed by atoms with Gasteiger partial charge in [0.1, 0.15) is 0 Å². The number of carbonyl (C=O) groups excluding carboxylic acids is 1. The van der Waals surface area contributed by atoms with Crippen LogP contribution in [0.3, 0.4) is 0 Å². The Hall–Kier alpha value is -1.49. The second-order valence-electron chi connectivity index (χ2n) is 5.03. The Balaban J connectivity index is 2.06. The van der Waals surface area contributed by atoms with Gasteiger partial charge in [0.2, 0.25) is 5.91 Å². The molecule has 1 aliphatic heterocycles. The van der Waals surface area contributed by atoms with E-state index in [-0.39, 0.29) is 30.9 Å². The highest BCUT2D eigenvalue weighted by atomic mass is 19.2. The molecule has 104 valence electrons. The first-order valence-electron chi connectivity index (χ1n) is 6.37. The van der Waals surface area contributed by atoms with E-state index in [9.17, 15) is 18.7 Å². The molecule has 19 heavy (non-hydrogen) atoms. The van der Waals surface area contributed by atoms with E-state index in [1.54, 1.807) is 4.90 Å². The smallest absolute Gasteiger partial charge is 0.227 e. The molecule has 0 aromatic heterocycles. The molecule has 0 spiro atoms. The summed E-state index contributed by atoms with van der Waals surface area (Å²) in [6, 6.07) is 3.30. The molecule has 0 radical (unpaired) electrons. The number of halogens is 2. The summed E-state index contributed by atoms with van der Waals surface area (Å²) in [7, 11) is 0. The van der Waals surface area contributed by atoms with Crippen LogP contribution in [0.1, 0.15) is 18.9 Å². The van der Waals surface area contributed by atoms with E-state index in [0.29, 0.717) is 12.1 Å². The Labute approximate surface area is 110 Å². The third-order valence-corrected chi connectivity index (χ3v) is 3.73. The third kappa shape index (κ3) is 2.92. The predicted molar refractivity (Wildman–Crippen MR) is 66.4 cm³/mol. The van der Waals surface area contributed by atoms with Crippen molar-refractivity contribution in [3.8, 4) is 0 Å². The van der Waals surface area contributed by atoms with Crippen molar-refractivity contribution in [1.29, 1.82) is 0 Å². The number of nitrogens with zero attached hydrogens (tertiary/aromatic N) is 1. The maximum atomic E-state index is 13.1. The van der Waals surface area contributed by atoms with Crippen LogP contribution in [0.15, 0.2) is 18.2 Å². The first-order valence-corrected chi connectivity index (χ1v) is 6.37. The van der Waals surface area contributed by atoms with Gasteiger partial charge in [0.25, 0.3) is 0 Å². The summed E-state index contributed by atoms with van der Waals surface area (Å²) in [5.41, 5.74) is 0.445. The second kappa shape index (κ2) is 5.65. The summed E-state index contributed by atoms with van der Waals surface area (Å²) in [6.07, 6.45) is 0.884. The molecule has 1 saturated heterocycles. The van der Waals surface area contributed by atoms with E-state index < -0.39 is 11.6 Å². The molecule has 2 atom stereocenters. The Bertz CT molecular complexity index is 479. The molecule has 1 aromatic carbocycles. The zero-order valence-electron chi connectivity index (χ0n) is 10.8. The van der Waals surface area contributed by atoms with Gasteiger partial charge in [-0.1, -0.05) is 13.0 Å². The Kier molecular flexibility index (Phi) is 4.14. The summed E-state index contributed by atoms with van der Waals surface area (Å²) in [4.78, 5) is 13.8. The van der Waals surface area contributed by atoms with E-state index in [2.05, 4.69) is 0 Å². The van der Waals surface area contributed by atoms with Gasteiger partial charge in [-0.05, 0) is 30.0 Å². The fourth-order valence-corrected chi connectivity index (χ4v) is 2.52. The molecule has 5 heteroatoms. The highest BCUT2D eigenvalue weighted by Crippen LogP contribution is 2.24. The summed E-state index contributed by atoms with van der Waals surface area (Å²) < 4.78 is 25.9. The predicted octanol–water partition coefficient (Wildman–Crippen LogP) is 1.74. The number of likely N-dealkylation sites (tertiary alicyclic amines) is 1. The van der Waals surface area contributed by atoms with Crippen molar-refractivity contribution in [2.45, 2.75) is 25.8 Å². The van der Waals surface area contributed by atoms with Gasteiger partial charge in [-0.2, -0.15) is 0 Å². The topological polar surface area (TPSA) is 40.5 Å². The minimum Gasteiger partial charge on any atom is -0.394 e. The normalized spacial score (nSPS) is 22.8. The van der Waals surface area contributed by atoms with Gasteiger partial charge >= 0.3 is 0 Å². The van der Waals surface area contributed by atoms with E-state index in [0.717, 1.165) is 18.6 Å². The largest absolute Gasteiger partial charge is 0.394 e. The van der Waals surface area contributed by atoms with Gasteiger partial charge in [-0.25, -0.2) is 8.78 Å². The molecule has 1 amide bonds. The molecular formula is C14H17F2NO2. The number of amides is 1. The molecule has 2 unspecified atom stereocenters. The first kappa shape index (κ1) is 13.9. The minimum absolute atomic E-state index is 0.0282. The molecule has 0 aliphatic carbocycles. The maximum absolute atomic E-state index is 13.1. The number of hydrogen-bond acceptors (Lipinski definition) is 2. The van der Waals surface area contributed by atoms with Gasteiger partial charge in [-0.3, -0.25) is 4.79 Å². The number of benzene rings is 1. The third-order valence-electron chi connectivity index (χ3n) is 3.73. The molecule has 0 saturated carbocycles. The number of aliphatic hydroxyl groups excluding tert-OH is 1. The highest BCUT2D eigenvalue weighted by Gasteiger charge is 2.33. The fourth-order valence-electron chi connectivity index (χ4n) is 2.52. The van der Waals surface area contributed by atoms with E-state index >= 15 is 0 Å². The van der Waals surface area contributed by atoms with Crippen molar-refractivity contribution in [2.75, 3.05) is 13.2 Å². The number of carbonyl (C=O) groups is 1. The van der Waals surface area contributed by atoms with Crippen LogP contribution in [0.5, 0.6) is 0 Å². The Morgan fingerprint density at radius 3 is 2.79 bits per heavy atom. The van der Waals surface area contributed by atoms with Crippen molar-refractivity contribution in [1.82, 2.24) is 4.90 Å². The molecular weight excluding hydrogens is 252 g/mol. The first-order chi connectivity index (χ1) is 9.02. The average Bonchev–Trinajstić information content (AvgIpc) is 2.75. The zero-order valence-corrected chi connectivity index (χ0v) is 10.8. The molecule has 1 aliphatic rings. The molecule has 3 nitrogen and oxygen atoms in total. The van der Waals surface area contributed by atoms with Crippen molar-refractivity contribution in [2.24, 2.45) is 5.92 Å². The van der Waals surface area contributed by atoms with Crippen LogP contribution in [-0.4, -0.2) is 35.1 Å².